The molecule has 0 unspecified atom stereocenters. The van der Waals surface area contributed by atoms with Gasteiger partial charge in [-0.15, -0.1) is 10.2 Å². The van der Waals surface area contributed by atoms with Crippen LogP contribution in [0.5, 0.6) is 11.5 Å². The number of nitrogens with zero attached hydrogens (tertiary/aromatic N) is 5. The van der Waals surface area contributed by atoms with Gasteiger partial charge in [0.25, 0.3) is 11.8 Å². The molecule has 3 heterocycles. The Balaban J connectivity index is 1.53. The van der Waals surface area contributed by atoms with Crippen molar-refractivity contribution in [2.24, 2.45) is 5.73 Å². The number of carbonyl (C=O) groups excluding carboxylic acids is 2. The molecule has 33 heavy (non-hydrogen) atoms. The predicted molar refractivity (Wildman–Crippen MR) is 124 cm³/mol. The van der Waals surface area contributed by atoms with E-state index >= 15 is 0 Å². The van der Waals surface area contributed by atoms with Gasteiger partial charge in [-0.05, 0) is 23.8 Å². The molecule has 0 spiro atoms. The van der Waals surface area contributed by atoms with E-state index in [9.17, 15) is 9.59 Å². The molecule has 0 radical (unpaired) electrons. The highest BCUT2D eigenvalue weighted by molar-refractivity contribution is 7.17. The number of hydrogen-bond donors (Lipinski definition) is 2. The Bertz CT molecular complexity index is 1200. The first-order valence-electron chi connectivity index (χ1n) is 10.0. The number of anilines is 3. The van der Waals surface area contributed by atoms with E-state index in [0.29, 0.717) is 47.5 Å². The zero-order chi connectivity index (χ0) is 23.5. The van der Waals surface area contributed by atoms with Crippen molar-refractivity contribution >= 4 is 39.7 Å². The highest BCUT2D eigenvalue weighted by Gasteiger charge is 2.33. The smallest absolute Gasteiger partial charge is 0.286 e. The minimum Gasteiger partial charge on any atom is -0.493 e. The van der Waals surface area contributed by atoms with Gasteiger partial charge in [-0.3, -0.25) is 19.5 Å². The fraction of sp³-hybridized carbons (Fsp3) is 0.286. The molecule has 4 rings (SSSR count). The van der Waals surface area contributed by atoms with Crippen molar-refractivity contribution in [1.82, 2.24) is 15.2 Å². The lowest BCUT2D eigenvalue weighted by atomic mass is 10.1. The van der Waals surface area contributed by atoms with Crippen molar-refractivity contribution < 1.29 is 19.1 Å². The molecule has 0 atom stereocenters. The Morgan fingerprint density at radius 3 is 2.76 bits per heavy atom. The van der Waals surface area contributed by atoms with Crippen LogP contribution in [0, 0.1) is 0 Å². The average molecular weight is 470 g/mol. The molecule has 2 aromatic heterocycles. The largest absolute Gasteiger partial charge is 0.493 e. The third-order valence-corrected chi connectivity index (χ3v) is 6.12. The lowest BCUT2D eigenvalue weighted by molar-refractivity contribution is 0.0994. The third-order valence-electron chi connectivity index (χ3n) is 5.17. The van der Waals surface area contributed by atoms with Gasteiger partial charge in [-0.2, -0.15) is 0 Å². The van der Waals surface area contributed by atoms with E-state index in [1.807, 2.05) is 11.9 Å². The molecule has 0 bridgehead atoms. The van der Waals surface area contributed by atoms with Crippen molar-refractivity contribution in [3.05, 3.63) is 46.7 Å². The van der Waals surface area contributed by atoms with Crippen LogP contribution in [-0.4, -0.2) is 61.4 Å². The number of pyridine rings is 1. The molecule has 0 aliphatic carbocycles. The maximum atomic E-state index is 13.0. The predicted octanol–water partition coefficient (Wildman–Crippen LogP) is 1.76. The van der Waals surface area contributed by atoms with E-state index in [4.69, 9.17) is 15.2 Å². The summed E-state index contributed by atoms with van der Waals surface area (Å²) in [5.74, 6) is 0.319. The van der Waals surface area contributed by atoms with Crippen molar-refractivity contribution in [1.29, 1.82) is 0 Å². The van der Waals surface area contributed by atoms with Gasteiger partial charge in [0.1, 0.15) is 0 Å². The summed E-state index contributed by atoms with van der Waals surface area (Å²) in [4.78, 5) is 33.3. The quantitative estimate of drug-likeness (QED) is 0.506. The number of likely N-dealkylation sites (N-methyl/N-ethyl adjacent to an activating group) is 1. The highest BCUT2D eigenvalue weighted by atomic mass is 32.1. The number of amides is 2. The van der Waals surface area contributed by atoms with E-state index in [-0.39, 0.29) is 10.9 Å². The number of hydrogen-bond acceptors (Lipinski definition) is 10. The van der Waals surface area contributed by atoms with Gasteiger partial charge in [0, 0.05) is 31.9 Å². The number of rotatable bonds is 8. The van der Waals surface area contributed by atoms with Gasteiger partial charge in [-0.25, -0.2) is 0 Å². The second kappa shape index (κ2) is 9.38. The summed E-state index contributed by atoms with van der Waals surface area (Å²) in [7, 11) is 4.93. The molecule has 0 fully saturated rings. The zero-order valence-corrected chi connectivity index (χ0v) is 19.2. The SMILES string of the molecule is COc1cc2c(cc1OC)C(=O)N(c1nnc(C(=O)Nc3cnccc3N(C)CCN)s1)C2. The van der Waals surface area contributed by atoms with Gasteiger partial charge in [0.15, 0.2) is 11.5 Å². The van der Waals surface area contributed by atoms with E-state index in [2.05, 4.69) is 20.5 Å². The number of aromatic nitrogens is 3. The molecule has 1 aliphatic rings. The first-order chi connectivity index (χ1) is 16.0. The number of nitrogens with two attached hydrogens (primary N) is 1. The normalized spacial score (nSPS) is 12.5. The van der Waals surface area contributed by atoms with Crippen molar-refractivity contribution in [2.75, 3.05) is 49.5 Å². The van der Waals surface area contributed by atoms with E-state index in [1.165, 1.54) is 19.1 Å². The van der Waals surface area contributed by atoms with Crippen LogP contribution in [0.1, 0.15) is 25.7 Å². The lowest BCUT2D eigenvalue weighted by Crippen LogP contribution is -2.26. The van der Waals surface area contributed by atoms with Crippen LogP contribution in [0.25, 0.3) is 0 Å². The molecular formula is C21H23N7O4S. The number of methoxy groups -OCH3 is 2. The average Bonchev–Trinajstić information content (AvgIpc) is 3.43. The molecule has 3 aromatic rings. The molecule has 0 saturated carbocycles. The summed E-state index contributed by atoms with van der Waals surface area (Å²) >= 11 is 1.03. The van der Waals surface area contributed by atoms with Gasteiger partial charge >= 0.3 is 0 Å². The molecule has 1 aromatic carbocycles. The second-order valence-electron chi connectivity index (χ2n) is 7.20. The lowest BCUT2D eigenvalue weighted by Gasteiger charge is -2.21. The summed E-state index contributed by atoms with van der Waals surface area (Å²) in [6.45, 7) is 1.38. The van der Waals surface area contributed by atoms with Crippen LogP contribution in [0.2, 0.25) is 0 Å². The second-order valence-corrected chi connectivity index (χ2v) is 8.16. The highest BCUT2D eigenvalue weighted by Crippen LogP contribution is 2.37. The van der Waals surface area contributed by atoms with Gasteiger partial charge in [-0.1, -0.05) is 11.3 Å². The third kappa shape index (κ3) is 4.30. The maximum absolute atomic E-state index is 13.0. The molecule has 11 nitrogen and oxygen atoms in total. The van der Waals surface area contributed by atoms with Crippen molar-refractivity contribution in [3.63, 3.8) is 0 Å². The summed E-state index contributed by atoms with van der Waals surface area (Å²) in [5.41, 5.74) is 8.22. The van der Waals surface area contributed by atoms with E-state index < -0.39 is 5.91 Å². The Kier molecular flexibility index (Phi) is 6.38. The monoisotopic (exact) mass is 469 g/mol. The Morgan fingerprint density at radius 1 is 1.27 bits per heavy atom. The molecular weight excluding hydrogens is 446 g/mol. The Hall–Kier alpha value is -3.77. The fourth-order valence-corrected chi connectivity index (χ4v) is 4.25. The molecule has 12 heteroatoms. The maximum Gasteiger partial charge on any atom is 0.286 e. The van der Waals surface area contributed by atoms with Crippen LogP contribution in [0.3, 0.4) is 0 Å². The first-order valence-corrected chi connectivity index (χ1v) is 10.8. The Morgan fingerprint density at radius 2 is 2.03 bits per heavy atom. The molecule has 0 saturated heterocycles. The molecule has 3 N–H and O–H groups in total. The van der Waals surface area contributed by atoms with Crippen LogP contribution in [0.4, 0.5) is 16.5 Å². The summed E-state index contributed by atoms with van der Waals surface area (Å²) < 4.78 is 10.6. The number of ether oxygens (including phenoxy) is 2. The van der Waals surface area contributed by atoms with Crippen molar-refractivity contribution in [2.45, 2.75) is 6.54 Å². The number of carbonyl (C=O) groups is 2. The van der Waals surface area contributed by atoms with Crippen molar-refractivity contribution in [3.8, 4) is 11.5 Å². The summed E-state index contributed by atoms with van der Waals surface area (Å²) in [6.07, 6.45) is 3.20. The van der Waals surface area contributed by atoms with Crippen LogP contribution in [0.15, 0.2) is 30.6 Å². The zero-order valence-electron chi connectivity index (χ0n) is 18.4. The minimum atomic E-state index is -0.443. The standard InChI is InChI=1S/C21H23N7O4S/c1-27(7-5-22)15-4-6-23-10-14(15)24-18(29)19-25-26-21(33-19)28-11-12-8-16(31-2)17(32-3)9-13(12)20(28)30/h4,6,8-10H,5,7,11,22H2,1-3H3,(H,24,29). The number of benzene rings is 1. The topological polar surface area (TPSA) is 136 Å². The van der Waals surface area contributed by atoms with E-state index in [0.717, 1.165) is 22.6 Å². The van der Waals surface area contributed by atoms with Gasteiger partial charge in [0.2, 0.25) is 10.1 Å². The minimum absolute atomic E-state index is 0.125. The Labute approximate surface area is 194 Å². The van der Waals surface area contributed by atoms with Gasteiger partial charge in [0.05, 0.1) is 38.3 Å². The fourth-order valence-electron chi connectivity index (χ4n) is 3.52. The molecule has 1 aliphatic heterocycles. The van der Waals surface area contributed by atoms with Crippen LogP contribution < -0.4 is 30.3 Å². The molecule has 2 amide bonds. The van der Waals surface area contributed by atoms with Gasteiger partial charge < -0.3 is 25.4 Å². The number of nitrogens with one attached hydrogen (secondary N) is 1. The molecule has 172 valence electrons. The van der Waals surface area contributed by atoms with Crippen LogP contribution in [-0.2, 0) is 6.54 Å². The summed E-state index contributed by atoms with van der Waals surface area (Å²) in [5, 5.41) is 11.3. The van der Waals surface area contributed by atoms with Crippen LogP contribution >= 0.6 is 11.3 Å². The summed E-state index contributed by atoms with van der Waals surface area (Å²) in [6, 6.07) is 5.20. The van der Waals surface area contributed by atoms with E-state index in [1.54, 1.807) is 30.6 Å². The first kappa shape index (κ1) is 22.4. The number of fused-ring (bicyclic) bond motifs is 1.